The van der Waals surface area contributed by atoms with Gasteiger partial charge in [0.15, 0.2) is 0 Å². The Morgan fingerprint density at radius 3 is 2.33 bits per heavy atom. The lowest BCUT2D eigenvalue weighted by Gasteiger charge is -2.41. The van der Waals surface area contributed by atoms with Crippen molar-refractivity contribution in [2.75, 3.05) is 35.8 Å². The van der Waals surface area contributed by atoms with E-state index in [1.54, 1.807) is 31.2 Å². The van der Waals surface area contributed by atoms with Crippen LogP contribution < -0.4 is 9.62 Å². The van der Waals surface area contributed by atoms with Crippen LogP contribution in [-0.4, -0.2) is 56.6 Å². The van der Waals surface area contributed by atoms with Crippen molar-refractivity contribution < 1.29 is 18.3 Å². The van der Waals surface area contributed by atoms with Crippen molar-refractivity contribution in [2.45, 2.75) is 56.9 Å². The van der Waals surface area contributed by atoms with E-state index in [0.29, 0.717) is 17.3 Å². The van der Waals surface area contributed by atoms with Gasteiger partial charge in [0.2, 0.25) is 0 Å². The minimum atomic E-state index is -3.83. The average molecular weight is 472 g/mol. The average Bonchev–Trinajstić information content (AvgIpc) is 2.81. The molecule has 33 heavy (non-hydrogen) atoms. The van der Waals surface area contributed by atoms with E-state index in [0.717, 1.165) is 31.5 Å². The van der Waals surface area contributed by atoms with Crippen molar-refractivity contribution in [1.82, 2.24) is 4.90 Å². The summed E-state index contributed by atoms with van der Waals surface area (Å²) in [6.45, 7) is 7.52. The maximum atomic E-state index is 13.0. The first-order valence-corrected chi connectivity index (χ1v) is 13.2. The van der Waals surface area contributed by atoms with Crippen LogP contribution in [0.4, 0.5) is 11.4 Å². The van der Waals surface area contributed by atoms with Gasteiger partial charge in [0, 0.05) is 24.8 Å². The Morgan fingerprint density at radius 1 is 0.970 bits per heavy atom. The van der Waals surface area contributed by atoms with E-state index in [9.17, 15) is 18.3 Å². The number of hydrogen-bond donors (Lipinski definition) is 2. The number of benzene rings is 2. The van der Waals surface area contributed by atoms with Crippen LogP contribution in [-0.2, 0) is 10.0 Å². The molecule has 0 radical (unpaired) electrons. The molecule has 2 aromatic carbocycles. The highest BCUT2D eigenvalue weighted by Gasteiger charge is 2.28. The number of carbonyl (C=O) groups is 1. The van der Waals surface area contributed by atoms with E-state index in [1.165, 1.54) is 38.4 Å². The molecule has 0 atom stereocenters. The second-order valence-corrected chi connectivity index (χ2v) is 10.9. The van der Waals surface area contributed by atoms with Gasteiger partial charge < -0.3 is 14.9 Å². The molecule has 0 amide bonds. The second kappa shape index (κ2) is 9.73. The molecule has 2 N–H and O–H groups in total. The number of likely N-dealkylation sites (tertiary alicyclic amines) is 1. The zero-order chi connectivity index (χ0) is 23.6. The van der Waals surface area contributed by atoms with Crippen molar-refractivity contribution in [3.63, 3.8) is 0 Å². The molecule has 178 valence electrons. The molecule has 2 aliphatic rings. The van der Waals surface area contributed by atoms with E-state index in [1.807, 2.05) is 13.0 Å². The fourth-order valence-electron chi connectivity index (χ4n) is 5.01. The van der Waals surface area contributed by atoms with Gasteiger partial charge in [-0.1, -0.05) is 18.6 Å². The normalized spacial score (nSPS) is 18.3. The SMILES string of the molecule is Cc1ccc(C)c(S(=O)(=O)Nc2ccc(N3CCC(N4CCCCC4)CC3)c(C(=O)O)c2)c1. The van der Waals surface area contributed by atoms with Gasteiger partial charge in [0.05, 0.1) is 16.1 Å². The van der Waals surface area contributed by atoms with Crippen LogP contribution in [0.25, 0.3) is 0 Å². The largest absolute Gasteiger partial charge is 0.478 e. The molecule has 7 nitrogen and oxygen atoms in total. The molecule has 0 aliphatic carbocycles. The summed E-state index contributed by atoms with van der Waals surface area (Å²) in [5.41, 5.74) is 2.50. The lowest BCUT2D eigenvalue weighted by Crippen LogP contribution is -2.47. The van der Waals surface area contributed by atoms with E-state index in [4.69, 9.17) is 0 Å². The van der Waals surface area contributed by atoms with Crippen LogP contribution in [0.15, 0.2) is 41.3 Å². The predicted octanol–water partition coefficient (Wildman–Crippen LogP) is 4.26. The van der Waals surface area contributed by atoms with Crippen LogP contribution in [0.1, 0.15) is 53.6 Å². The van der Waals surface area contributed by atoms with Gasteiger partial charge in [-0.2, -0.15) is 0 Å². The molecule has 4 rings (SSSR count). The molecular weight excluding hydrogens is 438 g/mol. The number of aromatic carboxylic acids is 1. The third-order valence-corrected chi connectivity index (χ3v) is 8.35. The van der Waals surface area contributed by atoms with Crippen LogP contribution in [0, 0.1) is 13.8 Å². The van der Waals surface area contributed by atoms with Crippen LogP contribution in [0.5, 0.6) is 0 Å². The smallest absolute Gasteiger partial charge is 0.337 e. The number of rotatable bonds is 6. The molecule has 2 aliphatic heterocycles. The number of nitrogens with zero attached hydrogens (tertiary/aromatic N) is 2. The van der Waals surface area contributed by atoms with Crippen molar-refractivity contribution in [1.29, 1.82) is 0 Å². The van der Waals surface area contributed by atoms with Crippen molar-refractivity contribution in [3.05, 3.63) is 53.1 Å². The van der Waals surface area contributed by atoms with E-state index in [2.05, 4.69) is 14.5 Å². The molecule has 0 saturated carbocycles. The Balaban J connectivity index is 1.51. The van der Waals surface area contributed by atoms with Gasteiger partial charge in [-0.25, -0.2) is 13.2 Å². The zero-order valence-electron chi connectivity index (χ0n) is 19.4. The first-order chi connectivity index (χ1) is 15.7. The zero-order valence-corrected chi connectivity index (χ0v) is 20.2. The first kappa shape index (κ1) is 23.6. The topological polar surface area (TPSA) is 90.0 Å². The number of hydrogen-bond acceptors (Lipinski definition) is 5. The monoisotopic (exact) mass is 471 g/mol. The molecule has 0 aromatic heterocycles. The van der Waals surface area contributed by atoms with Gasteiger partial charge in [-0.05, 0) is 88.0 Å². The summed E-state index contributed by atoms with van der Waals surface area (Å²) in [4.78, 5) is 17.0. The Kier molecular flexibility index (Phi) is 6.95. The Bertz CT molecular complexity index is 1120. The molecule has 2 heterocycles. The minimum Gasteiger partial charge on any atom is -0.478 e. The molecule has 2 fully saturated rings. The van der Waals surface area contributed by atoms with Gasteiger partial charge in [0.25, 0.3) is 10.0 Å². The number of nitrogens with one attached hydrogen (secondary N) is 1. The summed E-state index contributed by atoms with van der Waals surface area (Å²) < 4.78 is 28.5. The van der Waals surface area contributed by atoms with Gasteiger partial charge in [0.1, 0.15) is 0 Å². The maximum absolute atomic E-state index is 13.0. The number of carboxylic acid groups (broad SMARTS) is 1. The fraction of sp³-hybridized carbons (Fsp3) is 0.480. The molecule has 8 heteroatoms. The van der Waals surface area contributed by atoms with Crippen LogP contribution >= 0.6 is 0 Å². The Labute approximate surface area is 196 Å². The van der Waals surface area contributed by atoms with E-state index < -0.39 is 16.0 Å². The summed E-state index contributed by atoms with van der Waals surface area (Å²) in [6, 6.07) is 10.6. The third kappa shape index (κ3) is 5.33. The molecule has 0 unspecified atom stereocenters. The first-order valence-electron chi connectivity index (χ1n) is 11.7. The standard InChI is InChI=1S/C25H33N3O4S/c1-18-6-7-19(2)24(16-18)33(31,32)26-20-8-9-23(22(17-20)25(29)30)28-14-10-21(11-15-28)27-12-4-3-5-13-27/h6-9,16-17,21,26H,3-5,10-15H2,1-2H3,(H,29,30). The third-order valence-electron chi connectivity index (χ3n) is 6.82. The summed E-state index contributed by atoms with van der Waals surface area (Å²) in [7, 11) is -3.83. The lowest BCUT2D eigenvalue weighted by molar-refractivity contribution is 0.0697. The van der Waals surface area contributed by atoms with Gasteiger partial charge in [-0.15, -0.1) is 0 Å². The van der Waals surface area contributed by atoms with Crippen LogP contribution in [0.2, 0.25) is 0 Å². The summed E-state index contributed by atoms with van der Waals surface area (Å²) in [6.07, 6.45) is 5.88. The molecular formula is C25H33N3O4S. The molecule has 0 spiro atoms. The highest BCUT2D eigenvalue weighted by molar-refractivity contribution is 7.92. The number of anilines is 2. The lowest BCUT2D eigenvalue weighted by atomic mass is 9.98. The fourth-order valence-corrected chi connectivity index (χ4v) is 6.39. The Hall–Kier alpha value is -2.58. The molecule has 2 saturated heterocycles. The minimum absolute atomic E-state index is 0.118. The summed E-state index contributed by atoms with van der Waals surface area (Å²) >= 11 is 0. The van der Waals surface area contributed by atoms with Crippen molar-refractivity contribution in [2.24, 2.45) is 0 Å². The summed E-state index contributed by atoms with van der Waals surface area (Å²) in [5.74, 6) is -1.06. The van der Waals surface area contributed by atoms with Crippen LogP contribution in [0.3, 0.4) is 0 Å². The number of aryl methyl sites for hydroxylation is 2. The van der Waals surface area contributed by atoms with E-state index >= 15 is 0 Å². The maximum Gasteiger partial charge on any atom is 0.337 e. The number of carboxylic acids is 1. The predicted molar refractivity (Wildman–Crippen MR) is 131 cm³/mol. The van der Waals surface area contributed by atoms with Gasteiger partial charge in [-0.3, -0.25) is 4.72 Å². The molecule has 2 aromatic rings. The number of piperidine rings is 2. The van der Waals surface area contributed by atoms with Crippen molar-refractivity contribution >= 4 is 27.4 Å². The second-order valence-electron chi connectivity index (χ2n) is 9.23. The Morgan fingerprint density at radius 2 is 1.67 bits per heavy atom. The molecule has 0 bridgehead atoms. The summed E-state index contributed by atoms with van der Waals surface area (Å²) in [5, 5.41) is 9.86. The van der Waals surface area contributed by atoms with E-state index in [-0.39, 0.29) is 16.1 Å². The number of sulfonamides is 1. The quantitative estimate of drug-likeness (QED) is 0.654. The van der Waals surface area contributed by atoms with Gasteiger partial charge >= 0.3 is 5.97 Å². The highest BCUT2D eigenvalue weighted by atomic mass is 32.2. The van der Waals surface area contributed by atoms with Crippen molar-refractivity contribution in [3.8, 4) is 0 Å². The highest BCUT2D eigenvalue weighted by Crippen LogP contribution is 2.30.